The van der Waals surface area contributed by atoms with Gasteiger partial charge in [-0.1, -0.05) is 11.6 Å². The van der Waals surface area contributed by atoms with E-state index in [2.05, 4.69) is 21.2 Å². The van der Waals surface area contributed by atoms with Crippen molar-refractivity contribution in [1.82, 2.24) is 4.90 Å². The standard InChI is InChI=1S/C19H18BrClN2O5/c1-11-15(5-4-14(20)18(11)21)22-16(24)10-28-19(26)12-7-17(25)23(8-12)9-13-3-2-6-27-13/h2-6,12H,7-10H2,1H3,(H,22,24)/t12-/m1/s1. The lowest BCUT2D eigenvalue weighted by Crippen LogP contribution is -2.28. The SMILES string of the molecule is Cc1c(NC(=O)COC(=O)[C@@H]2CC(=O)N(Cc3ccco3)C2)ccc(Br)c1Cl. The molecule has 0 aliphatic carbocycles. The van der Waals surface area contributed by atoms with Gasteiger partial charge in [-0.05, 0) is 52.7 Å². The molecule has 2 heterocycles. The highest BCUT2D eigenvalue weighted by molar-refractivity contribution is 9.10. The summed E-state index contributed by atoms with van der Waals surface area (Å²) in [5.74, 6) is -1.16. The van der Waals surface area contributed by atoms with Gasteiger partial charge in [0, 0.05) is 23.1 Å². The fraction of sp³-hybridized carbons (Fsp3) is 0.316. The maximum absolute atomic E-state index is 12.2. The molecule has 2 amide bonds. The van der Waals surface area contributed by atoms with Crippen molar-refractivity contribution >= 4 is 51.0 Å². The van der Waals surface area contributed by atoms with E-state index in [-0.39, 0.29) is 18.9 Å². The van der Waals surface area contributed by atoms with Crippen LogP contribution in [0.1, 0.15) is 17.7 Å². The van der Waals surface area contributed by atoms with Gasteiger partial charge in [0.15, 0.2) is 6.61 Å². The summed E-state index contributed by atoms with van der Waals surface area (Å²) in [4.78, 5) is 37.9. The van der Waals surface area contributed by atoms with Gasteiger partial charge in [-0.3, -0.25) is 14.4 Å². The smallest absolute Gasteiger partial charge is 0.311 e. The molecular weight excluding hydrogens is 452 g/mol. The van der Waals surface area contributed by atoms with Crippen LogP contribution in [0.25, 0.3) is 0 Å². The average Bonchev–Trinajstić information content (AvgIpc) is 3.31. The second-order valence-electron chi connectivity index (χ2n) is 6.44. The van der Waals surface area contributed by atoms with Crippen molar-refractivity contribution in [2.24, 2.45) is 5.92 Å². The first kappa shape index (κ1) is 20.4. The zero-order valence-corrected chi connectivity index (χ0v) is 17.4. The molecule has 1 aliphatic heterocycles. The minimum Gasteiger partial charge on any atom is -0.467 e. The van der Waals surface area contributed by atoms with Gasteiger partial charge < -0.3 is 19.4 Å². The third-order valence-corrected chi connectivity index (χ3v) is 5.81. The van der Waals surface area contributed by atoms with E-state index in [0.29, 0.717) is 28.6 Å². The van der Waals surface area contributed by atoms with E-state index >= 15 is 0 Å². The zero-order chi connectivity index (χ0) is 20.3. The number of anilines is 1. The van der Waals surface area contributed by atoms with Crippen LogP contribution in [0.5, 0.6) is 0 Å². The lowest BCUT2D eigenvalue weighted by Gasteiger charge is -2.15. The molecule has 0 saturated carbocycles. The molecule has 1 atom stereocenters. The van der Waals surface area contributed by atoms with Crippen LogP contribution in [-0.2, 0) is 25.7 Å². The van der Waals surface area contributed by atoms with Crippen LogP contribution in [0.15, 0.2) is 39.4 Å². The zero-order valence-electron chi connectivity index (χ0n) is 15.0. The maximum Gasteiger partial charge on any atom is 0.311 e. The number of carbonyl (C=O) groups is 3. The van der Waals surface area contributed by atoms with Crippen LogP contribution in [0.2, 0.25) is 5.02 Å². The second-order valence-corrected chi connectivity index (χ2v) is 7.68. The van der Waals surface area contributed by atoms with Gasteiger partial charge in [0.2, 0.25) is 5.91 Å². The van der Waals surface area contributed by atoms with Gasteiger partial charge in [-0.25, -0.2) is 0 Å². The number of furan rings is 1. The van der Waals surface area contributed by atoms with E-state index in [4.69, 9.17) is 20.8 Å². The number of hydrogen-bond acceptors (Lipinski definition) is 5. The summed E-state index contributed by atoms with van der Waals surface area (Å²) in [6.07, 6.45) is 1.59. The van der Waals surface area contributed by atoms with Crippen LogP contribution in [-0.4, -0.2) is 35.8 Å². The van der Waals surface area contributed by atoms with Gasteiger partial charge in [0.1, 0.15) is 5.76 Å². The number of ether oxygens (including phenoxy) is 1. The predicted octanol–water partition coefficient (Wildman–Crippen LogP) is 3.53. The Kier molecular flexibility index (Phi) is 6.41. The molecule has 0 radical (unpaired) electrons. The van der Waals surface area contributed by atoms with Gasteiger partial charge in [0.25, 0.3) is 5.91 Å². The molecule has 1 aromatic carbocycles. The highest BCUT2D eigenvalue weighted by Gasteiger charge is 2.35. The minimum absolute atomic E-state index is 0.0581. The lowest BCUT2D eigenvalue weighted by molar-refractivity contribution is -0.151. The molecule has 1 N–H and O–H groups in total. The summed E-state index contributed by atoms with van der Waals surface area (Å²) in [7, 11) is 0. The molecule has 0 spiro atoms. The highest BCUT2D eigenvalue weighted by atomic mass is 79.9. The lowest BCUT2D eigenvalue weighted by atomic mass is 10.1. The minimum atomic E-state index is -0.598. The van der Waals surface area contributed by atoms with Crippen molar-refractivity contribution in [2.45, 2.75) is 19.9 Å². The van der Waals surface area contributed by atoms with E-state index in [1.165, 1.54) is 11.2 Å². The van der Waals surface area contributed by atoms with E-state index in [0.717, 1.165) is 4.47 Å². The van der Waals surface area contributed by atoms with Gasteiger partial charge in [0.05, 0.1) is 23.7 Å². The number of nitrogens with zero attached hydrogens (tertiary/aromatic N) is 1. The number of carbonyl (C=O) groups excluding carboxylic acids is 3. The topological polar surface area (TPSA) is 88.8 Å². The molecule has 3 rings (SSSR count). The predicted molar refractivity (Wildman–Crippen MR) is 106 cm³/mol. The first-order valence-electron chi connectivity index (χ1n) is 8.56. The third kappa shape index (κ3) is 4.74. The number of hydrogen-bond donors (Lipinski definition) is 1. The monoisotopic (exact) mass is 468 g/mol. The van der Waals surface area contributed by atoms with Crippen molar-refractivity contribution in [2.75, 3.05) is 18.5 Å². The van der Waals surface area contributed by atoms with Crippen molar-refractivity contribution in [3.8, 4) is 0 Å². The number of amides is 2. The Balaban J connectivity index is 1.49. The number of nitrogens with one attached hydrogen (secondary N) is 1. The highest BCUT2D eigenvalue weighted by Crippen LogP contribution is 2.31. The largest absolute Gasteiger partial charge is 0.467 e. The van der Waals surface area contributed by atoms with Crippen molar-refractivity contribution in [1.29, 1.82) is 0 Å². The van der Waals surface area contributed by atoms with Crippen LogP contribution in [0, 0.1) is 12.8 Å². The molecule has 1 aliphatic rings. The fourth-order valence-corrected chi connectivity index (χ4v) is 3.50. The van der Waals surface area contributed by atoms with Gasteiger partial charge in [-0.2, -0.15) is 0 Å². The maximum atomic E-state index is 12.2. The van der Waals surface area contributed by atoms with E-state index in [1.54, 1.807) is 31.2 Å². The van der Waals surface area contributed by atoms with Crippen LogP contribution in [0.3, 0.4) is 0 Å². The first-order chi connectivity index (χ1) is 13.3. The van der Waals surface area contributed by atoms with Crippen molar-refractivity contribution < 1.29 is 23.5 Å². The summed E-state index contributed by atoms with van der Waals surface area (Å²) >= 11 is 9.44. The Morgan fingerprint density at radius 2 is 2.18 bits per heavy atom. The number of benzene rings is 1. The normalized spacial score (nSPS) is 16.3. The summed E-state index contributed by atoms with van der Waals surface area (Å²) in [6, 6.07) is 6.92. The Bertz CT molecular complexity index is 900. The molecule has 28 heavy (non-hydrogen) atoms. The average molecular weight is 470 g/mol. The summed E-state index contributed by atoms with van der Waals surface area (Å²) in [6.45, 7) is 1.88. The second kappa shape index (κ2) is 8.79. The summed E-state index contributed by atoms with van der Waals surface area (Å²) < 4.78 is 11.0. The number of halogens is 2. The number of rotatable bonds is 6. The molecule has 7 nitrogen and oxygen atoms in total. The molecule has 0 unspecified atom stereocenters. The molecule has 1 aromatic heterocycles. The molecule has 0 bridgehead atoms. The van der Waals surface area contributed by atoms with Crippen molar-refractivity contribution in [3.63, 3.8) is 0 Å². The molecular formula is C19H18BrClN2O5. The Labute approximate surface area is 175 Å². The van der Waals surface area contributed by atoms with Gasteiger partial charge in [-0.15, -0.1) is 0 Å². The van der Waals surface area contributed by atoms with Crippen LogP contribution >= 0.6 is 27.5 Å². The number of likely N-dealkylation sites (tertiary alicyclic amines) is 1. The van der Waals surface area contributed by atoms with E-state index < -0.39 is 24.4 Å². The fourth-order valence-electron chi connectivity index (χ4n) is 2.90. The molecule has 148 valence electrons. The number of esters is 1. The quantitative estimate of drug-likeness (QED) is 0.654. The van der Waals surface area contributed by atoms with E-state index in [1.807, 2.05) is 0 Å². The van der Waals surface area contributed by atoms with E-state index in [9.17, 15) is 14.4 Å². The summed E-state index contributed by atoms with van der Waals surface area (Å²) in [5.41, 5.74) is 1.24. The molecule has 1 saturated heterocycles. The Hall–Kier alpha value is -2.32. The summed E-state index contributed by atoms with van der Waals surface area (Å²) in [5, 5.41) is 3.16. The Morgan fingerprint density at radius 1 is 1.39 bits per heavy atom. The first-order valence-corrected chi connectivity index (χ1v) is 9.73. The molecule has 9 heteroatoms. The van der Waals surface area contributed by atoms with Crippen LogP contribution < -0.4 is 5.32 Å². The third-order valence-electron chi connectivity index (χ3n) is 4.43. The molecule has 1 fully saturated rings. The molecule has 2 aromatic rings. The van der Waals surface area contributed by atoms with Crippen molar-refractivity contribution in [3.05, 3.63) is 51.3 Å². The van der Waals surface area contributed by atoms with Gasteiger partial charge >= 0.3 is 5.97 Å². The Morgan fingerprint density at radius 3 is 2.89 bits per heavy atom. The van der Waals surface area contributed by atoms with Crippen LogP contribution in [0.4, 0.5) is 5.69 Å².